The Morgan fingerprint density at radius 3 is 2.44 bits per heavy atom. The van der Waals surface area contributed by atoms with Gasteiger partial charge in [-0.05, 0) is 55.2 Å². The molecule has 1 aromatic carbocycles. The van der Waals surface area contributed by atoms with Crippen molar-refractivity contribution in [3.63, 3.8) is 0 Å². The second-order valence-corrected chi connectivity index (χ2v) is 9.43. The Kier molecular flexibility index (Phi) is 6.15. The number of thiazole rings is 1. The predicted octanol–water partition coefficient (Wildman–Crippen LogP) is 5.05. The maximum absolute atomic E-state index is 13.3. The molecule has 1 saturated carbocycles. The molecule has 1 aliphatic carbocycles. The molecule has 3 heterocycles. The van der Waals surface area contributed by atoms with Gasteiger partial charge < -0.3 is 9.84 Å². The van der Waals surface area contributed by atoms with E-state index in [1.54, 1.807) is 43.8 Å². The summed E-state index contributed by atoms with van der Waals surface area (Å²) in [5, 5.41) is 13.6. The smallest absolute Gasteiger partial charge is 0.301 e. The molecule has 1 unspecified atom stereocenters. The lowest BCUT2D eigenvalue weighted by Gasteiger charge is -2.32. The Hall–Kier alpha value is -3.52. The van der Waals surface area contributed by atoms with Crippen LogP contribution in [0.15, 0.2) is 59.7 Å². The third kappa shape index (κ3) is 3.98. The van der Waals surface area contributed by atoms with Crippen molar-refractivity contribution in [3.05, 3.63) is 65.3 Å². The molecule has 7 nitrogen and oxygen atoms in total. The van der Waals surface area contributed by atoms with Crippen LogP contribution >= 0.6 is 11.3 Å². The van der Waals surface area contributed by atoms with Crippen molar-refractivity contribution in [1.29, 1.82) is 0 Å². The number of pyridine rings is 1. The van der Waals surface area contributed by atoms with E-state index >= 15 is 0 Å². The van der Waals surface area contributed by atoms with Gasteiger partial charge in [0.05, 0.1) is 24.4 Å². The van der Waals surface area contributed by atoms with Gasteiger partial charge in [0.2, 0.25) is 0 Å². The molecule has 2 aromatic heterocycles. The molecule has 1 atom stereocenters. The van der Waals surface area contributed by atoms with Crippen LogP contribution in [0.1, 0.15) is 37.7 Å². The predicted molar refractivity (Wildman–Crippen MR) is 131 cm³/mol. The Balaban J connectivity index is 1.59. The second kappa shape index (κ2) is 9.38. The topological polar surface area (TPSA) is 92.6 Å². The van der Waals surface area contributed by atoms with E-state index in [0.717, 1.165) is 43.4 Å². The number of hydrogen-bond acceptors (Lipinski definition) is 7. The van der Waals surface area contributed by atoms with E-state index < -0.39 is 17.7 Å². The van der Waals surface area contributed by atoms with Crippen LogP contribution < -0.4 is 9.64 Å². The number of amides is 1. The van der Waals surface area contributed by atoms with Crippen LogP contribution in [0.4, 0.5) is 5.13 Å². The zero-order valence-electron chi connectivity index (χ0n) is 18.8. The summed E-state index contributed by atoms with van der Waals surface area (Å²) < 4.78 is 5.20. The van der Waals surface area contributed by atoms with Gasteiger partial charge in [0.1, 0.15) is 11.5 Å². The number of nitrogens with zero attached hydrogens (tertiary/aromatic N) is 3. The highest BCUT2D eigenvalue weighted by atomic mass is 32.1. The summed E-state index contributed by atoms with van der Waals surface area (Å²) in [5.41, 5.74) is 2.27. The summed E-state index contributed by atoms with van der Waals surface area (Å²) in [7, 11) is 1.57. The number of ether oxygens (including phenoxy) is 1. The highest BCUT2D eigenvalue weighted by Gasteiger charge is 2.50. The monoisotopic (exact) mass is 475 g/mol. The molecule has 3 aromatic rings. The molecule has 0 radical (unpaired) electrons. The summed E-state index contributed by atoms with van der Waals surface area (Å²) in [6, 6.07) is 10.0. The number of aromatic nitrogens is 2. The minimum atomic E-state index is -0.662. The first-order valence-electron chi connectivity index (χ1n) is 11.4. The number of Topliss-reactive ketones (excluding diaryl/α,β-unsaturated/α-hetero) is 1. The minimum Gasteiger partial charge on any atom is -0.507 e. The Labute approximate surface area is 201 Å². The molecule has 0 bridgehead atoms. The van der Waals surface area contributed by atoms with Gasteiger partial charge in [-0.3, -0.25) is 19.5 Å². The molecule has 1 N–H and O–H groups in total. The summed E-state index contributed by atoms with van der Waals surface area (Å²) in [6.07, 6.45) is 8.38. The van der Waals surface area contributed by atoms with E-state index in [9.17, 15) is 14.7 Å². The van der Waals surface area contributed by atoms with Crippen molar-refractivity contribution >= 4 is 33.9 Å². The van der Waals surface area contributed by atoms with E-state index in [4.69, 9.17) is 9.72 Å². The van der Waals surface area contributed by atoms with E-state index in [1.165, 1.54) is 16.2 Å². The third-order valence-electron chi connectivity index (χ3n) is 6.62. The summed E-state index contributed by atoms with van der Waals surface area (Å²) in [4.78, 5) is 36.9. The lowest BCUT2D eigenvalue weighted by Crippen LogP contribution is -2.40. The molecule has 5 rings (SSSR count). The van der Waals surface area contributed by atoms with E-state index in [2.05, 4.69) is 4.98 Å². The van der Waals surface area contributed by atoms with Crippen LogP contribution in [0.2, 0.25) is 0 Å². The molecule has 1 amide bonds. The van der Waals surface area contributed by atoms with Crippen LogP contribution in [0, 0.1) is 5.92 Å². The van der Waals surface area contributed by atoms with Gasteiger partial charge in [0.15, 0.2) is 5.13 Å². The van der Waals surface area contributed by atoms with Gasteiger partial charge in [-0.15, -0.1) is 11.3 Å². The zero-order chi connectivity index (χ0) is 23.7. The number of carbonyl (C=O) groups is 2. The van der Waals surface area contributed by atoms with Crippen molar-refractivity contribution in [3.8, 4) is 17.0 Å². The molecule has 34 heavy (non-hydrogen) atoms. The number of rotatable bonds is 5. The van der Waals surface area contributed by atoms with Gasteiger partial charge in [-0.1, -0.05) is 19.3 Å². The molecule has 2 aliphatic rings. The lowest BCUT2D eigenvalue weighted by molar-refractivity contribution is -0.132. The number of ketones is 1. The number of aliphatic hydroxyl groups excluding tert-OH is 1. The fraction of sp³-hybridized carbons (Fsp3) is 0.308. The van der Waals surface area contributed by atoms with Crippen molar-refractivity contribution in [1.82, 2.24) is 9.97 Å². The molecular formula is C26H25N3O4S. The van der Waals surface area contributed by atoms with Gasteiger partial charge in [-0.2, -0.15) is 0 Å². The van der Waals surface area contributed by atoms with E-state index in [0.29, 0.717) is 16.4 Å². The minimum absolute atomic E-state index is 0.0767. The fourth-order valence-electron chi connectivity index (χ4n) is 4.90. The SMILES string of the molecule is COc1ccc(C(O)=C2C(=O)C(=O)N(c3nc(-c4ccncc4)cs3)C2C2CCCCC2)cc1. The average Bonchev–Trinajstić information content (AvgIpc) is 3.48. The maximum atomic E-state index is 13.3. The second-order valence-electron chi connectivity index (χ2n) is 8.59. The highest BCUT2D eigenvalue weighted by Crippen LogP contribution is 2.42. The normalized spacial score (nSPS) is 20.6. The van der Waals surface area contributed by atoms with Crippen molar-refractivity contribution in [2.45, 2.75) is 38.1 Å². The van der Waals surface area contributed by atoms with Gasteiger partial charge in [0.25, 0.3) is 5.78 Å². The Bertz CT molecular complexity index is 1230. The summed E-state index contributed by atoms with van der Waals surface area (Å²) >= 11 is 1.33. The zero-order valence-corrected chi connectivity index (χ0v) is 19.6. The van der Waals surface area contributed by atoms with Crippen LogP contribution in [0.25, 0.3) is 17.0 Å². The Morgan fingerprint density at radius 2 is 1.76 bits per heavy atom. The van der Waals surface area contributed by atoms with Crippen molar-refractivity contribution < 1.29 is 19.4 Å². The number of carbonyl (C=O) groups excluding carboxylic acids is 2. The molecule has 2 fully saturated rings. The number of hydrogen-bond donors (Lipinski definition) is 1. The molecule has 1 saturated heterocycles. The first-order chi connectivity index (χ1) is 16.6. The van der Waals surface area contributed by atoms with E-state index in [1.807, 2.05) is 17.5 Å². The summed E-state index contributed by atoms with van der Waals surface area (Å²) in [5.74, 6) is -0.726. The number of methoxy groups -OCH3 is 1. The molecule has 8 heteroatoms. The van der Waals surface area contributed by atoms with Crippen molar-refractivity contribution in [2.24, 2.45) is 5.92 Å². The number of anilines is 1. The van der Waals surface area contributed by atoms with Crippen LogP contribution in [-0.4, -0.2) is 39.9 Å². The fourth-order valence-corrected chi connectivity index (χ4v) is 5.77. The van der Waals surface area contributed by atoms with Crippen LogP contribution in [0.5, 0.6) is 5.75 Å². The van der Waals surface area contributed by atoms with Crippen LogP contribution in [-0.2, 0) is 9.59 Å². The van der Waals surface area contributed by atoms with Gasteiger partial charge in [0, 0.05) is 28.9 Å². The quantitative estimate of drug-likeness (QED) is 0.315. The van der Waals surface area contributed by atoms with Gasteiger partial charge in [-0.25, -0.2) is 4.98 Å². The summed E-state index contributed by atoms with van der Waals surface area (Å²) in [6.45, 7) is 0. The third-order valence-corrected chi connectivity index (χ3v) is 7.46. The number of aliphatic hydroxyl groups is 1. The standard InChI is InChI=1S/C26H25N3O4S/c1-33-19-9-7-18(8-10-19)23(30)21-22(17-5-3-2-4-6-17)29(25(32)24(21)31)26-28-20(15-34-26)16-11-13-27-14-12-16/h7-15,17,22,30H,2-6H2,1H3. The molecular weight excluding hydrogens is 450 g/mol. The van der Waals surface area contributed by atoms with Crippen molar-refractivity contribution in [2.75, 3.05) is 12.0 Å². The molecule has 1 aliphatic heterocycles. The largest absolute Gasteiger partial charge is 0.507 e. The molecule has 174 valence electrons. The number of benzene rings is 1. The van der Waals surface area contributed by atoms with Crippen LogP contribution in [0.3, 0.4) is 0 Å². The first kappa shape index (κ1) is 22.3. The lowest BCUT2D eigenvalue weighted by atomic mass is 9.80. The highest BCUT2D eigenvalue weighted by molar-refractivity contribution is 7.14. The molecule has 0 spiro atoms. The first-order valence-corrected chi connectivity index (χ1v) is 12.3. The van der Waals surface area contributed by atoms with E-state index in [-0.39, 0.29) is 17.3 Å². The average molecular weight is 476 g/mol. The maximum Gasteiger partial charge on any atom is 0.301 e. The van der Waals surface area contributed by atoms with Gasteiger partial charge >= 0.3 is 5.91 Å². The Morgan fingerprint density at radius 1 is 1.06 bits per heavy atom.